The molecule has 1 amide bonds. The number of nitrogens with one attached hydrogen (secondary N) is 1. The number of aromatic nitrogens is 2. The molecule has 0 saturated carbocycles. The molecule has 0 aliphatic heterocycles. The molecule has 1 N–H and O–H groups in total. The Labute approximate surface area is 81.6 Å². The van der Waals surface area contributed by atoms with Gasteiger partial charge in [-0.1, -0.05) is 5.16 Å². The van der Waals surface area contributed by atoms with Crippen molar-refractivity contribution >= 4 is 11.9 Å². The molecule has 6 nitrogen and oxygen atoms in total. The molecule has 0 atom stereocenters. The van der Waals surface area contributed by atoms with E-state index in [4.69, 9.17) is 9.26 Å². The number of aryl methyl sites for hydroxylation is 1. The van der Waals surface area contributed by atoms with E-state index in [0.717, 1.165) is 0 Å². The smallest absolute Gasteiger partial charge is 0.328 e. The van der Waals surface area contributed by atoms with E-state index in [1.165, 1.54) is 7.11 Å². The fraction of sp³-hybridized carbons (Fsp3) is 0.625. The Morgan fingerprint density at radius 2 is 2.21 bits per heavy atom. The van der Waals surface area contributed by atoms with E-state index in [9.17, 15) is 4.79 Å². The van der Waals surface area contributed by atoms with Crippen molar-refractivity contribution < 1.29 is 14.1 Å². The number of carbonyl (C=O) groups excluding carboxylic acids is 1. The van der Waals surface area contributed by atoms with E-state index in [0.29, 0.717) is 5.82 Å². The minimum atomic E-state index is -0.914. The van der Waals surface area contributed by atoms with Crippen LogP contribution >= 0.6 is 0 Å². The summed E-state index contributed by atoms with van der Waals surface area (Å²) in [5, 5.41) is 5.99. The van der Waals surface area contributed by atoms with E-state index < -0.39 is 5.60 Å². The van der Waals surface area contributed by atoms with Crippen molar-refractivity contribution in [1.29, 1.82) is 0 Å². The topological polar surface area (TPSA) is 77.2 Å². The van der Waals surface area contributed by atoms with Gasteiger partial charge in [-0.3, -0.25) is 10.1 Å². The summed E-state index contributed by atoms with van der Waals surface area (Å²) in [6.45, 7) is 4.96. The fourth-order valence-electron chi connectivity index (χ4n) is 0.688. The Morgan fingerprint density at radius 1 is 1.57 bits per heavy atom. The SMILES string of the molecule is COC(C)(C)C(=O)Nc1nc(C)no1. The standard InChI is InChI=1S/C8H13N3O3/c1-5-9-7(14-11-5)10-6(12)8(2,3)13-4/h1-4H3,(H,9,10,11,12). The molecule has 0 bridgehead atoms. The maximum absolute atomic E-state index is 11.5. The van der Waals surface area contributed by atoms with Gasteiger partial charge in [0.05, 0.1) is 0 Å². The zero-order valence-corrected chi connectivity index (χ0v) is 8.62. The van der Waals surface area contributed by atoms with Crippen LogP contribution in [-0.4, -0.2) is 28.8 Å². The summed E-state index contributed by atoms with van der Waals surface area (Å²) in [6, 6.07) is 0.0811. The monoisotopic (exact) mass is 199 g/mol. The van der Waals surface area contributed by atoms with Gasteiger partial charge in [0.25, 0.3) is 5.91 Å². The van der Waals surface area contributed by atoms with E-state index >= 15 is 0 Å². The van der Waals surface area contributed by atoms with Gasteiger partial charge in [-0.05, 0) is 20.8 Å². The highest BCUT2D eigenvalue weighted by molar-refractivity contribution is 5.95. The highest BCUT2D eigenvalue weighted by Gasteiger charge is 2.28. The van der Waals surface area contributed by atoms with Crippen molar-refractivity contribution in [3.05, 3.63) is 5.82 Å². The molecule has 0 saturated heterocycles. The Hall–Kier alpha value is -1.43. The number of hydrogen-bond donors (Lipinski definition) is 1. The zero-order valence-electron chi connectivity index (χ0n) is 8.62. The maximum atomic E-state index is 11.5. The van der Waals surface area contributed by atoms with Crippen molar-refractivity contribution in [2.75, 3.05) is 12.4 Å². The first kappa shape index (κ1) is 10.6. The Kier molecular flexibility index (Phi) is 2.85. The van der Waals surface area contributed by atoms with Gasteiger partial charge in [-0.15, -0.1) is 0 Å². The molecule has 0 fully saturated rings. The van der Waals surface area contributed by atoms with Gasteiger partial charge < -0.3 is 9.26 Å². The minimum Gasteiger partial charge on any atom is -0.369 e. The first-order chi connectivity index (χ1) is 6.45. The lowest BCUT2D eigenvalue weighted by atomic mass is 10.1. The maximum Gasteiger partial charge on any atom is 0.328 e. The van der Waals surface area contributed by atoms with Gasteiger partial charge >= 0.3 is 6.01 Å². The second-order valence-corrected chi connectivity index (χ2v) is 3.32. The van der Waals surface area contributed by atoms with Crippen LogP contribution in [0.2, 0.25) is 0 Å². The summed E-state index contributed by atoms with van der Waals surface area (Å²) in [5.74, 6) is 0.138. The molecular formula is C8H13N3O3. The molecule has 0 spiro atoms. The Morgan fingerprint density at radius 3 is 2.64 bits per heavy atom. The van der Waals surface area contributed by atoms with Crippen LogP contribution in [0.1, 0.15) is 19.7 Å². The van der Waals surface area contributed by atoms with Crippen LogP contribution in [0.25, 0.3) is 0 Å². The lowest BCUT2D eigenvalue weighted by Gasteiger charge is -2.19. The molecule has 6 heteroatoms. The summed E-state index contributed by atoms with van der Waals surface area (Å²) in [4.78, 5) is 15.3. The third-order valence-corrected chi connectivity index (χ3v) is 1.81. The number of carbonyl (C=O) groups is 1. The molecule has 1 heterocycles. The number of hydrogen-bond acceptors (Lipinski definition) is 5. The largest absolute Gasteiger partial charge is 0.369 e. The van der Waals surface area contributed by atoms with Crippen LogP contribution in [0.5, 0.6) is 0 Å². The van der Waals surface area contributed by atoms with E-state index in [1.807, 2.05) is 0 Å². The molecule has 78 valence electrons. The van der Waals surface area contributed by atoms with E-state index in [-0.39, 0.29) is 11.9 Å². The number of methoxy groups -OCH3 is 1. The van der Waals surface area contributed by atoms with Crippen LogP contribution in [0, 0.1) is 6.92 Å². The Balaban J connectivity index is 2.66. The van der Waals surface area contributed by atoms with Crippen LogP contribution in [0.3, 0.4) is 0 Å². The third-order valence-electron chi connectivity index (χ3n) is 1.81. The summed E-state index contributed by atoms with van der Waals surface area (Å²) in [5.41, 5.74) is -0.914. The molecule has 1 rings (SSSR count). The average molecular weight is 199 g/mol. The lowest BCUT2D eigenvalue weighted by molar-refractivity contribution is -0.133. The molecule has 1 aromatic heterocycles. The highest BCUT2D eigenvalue weighted by Crippen LogP contribution is 2.11. The van der Waals surface area contributed by atoms with Gasteiger partial charge in [0, 0.05) is 7.11 Å². The molecule has 0 radical (unpaired) electrons. The van der Waals surface area contributed by atoms with Gasteiger partial charge in [-0.25, -0.2) is 0 Å². The summed E-state index contributed by atoms with van der Waals surface area (Å²) in [6.07, 6.45) is 0. The molecule has 1 aromatic rings. The molecule has 0 aromatic carbocycles. The summed E-state index contributed by atoms with van der Waals surface area (Å²) >= 11 is 0. The minimum absolute atomic E-state index is 0.0811. The lowest BCUT2D eigenvalue weighted by Crippen LogP contribution is -2.38. The van der Waals surface area contributed by atoms with Crippen LogP contribution in [0.4, 0.5) is 6.01 Å². The number of ether oxygens (including phenoxy) is 1. The summed E-state index contributed by atoms with van der Waals surface area (Å²) in [7, 11) is 1.46. The number of nitrogens with zero attached hydrogens (tertiary/aromatic N) is 2. The second kappa shape index (κ2) is 3.75. The fourth-order valence-corrected chi connectivity index (χ4v) is 0.688. The van der Waals surface area contributed by atoms with Crippen molar-refractivity contribution in [2.45, 2.75) is 26.4 Å². The molecule has 0 aliphatic carbocycles. The van der Waals surface area contributed by atoms with Crippen LogP contribution in [0.15, 0.2) is 4.52 Å². The third kappa shape index (κ3) is 2.29. The number of rotatable bonds is 3. The van der Waals surface area contributed by atoms with Gasteiger partial charge in [0.15, 0.2) is 5.82 Å². The van der Waals surface area contributed by atoms with Crippen molar-refractivity contribution in [3.8, 4) is 0 Å². The van der Waals surface area contributed by atoms with Gasteiger partial charge in [0.2, 0.25) is 0 Å². The van der Waals surface area contributed by atoms with Gasteiger partial charge in [0.1, 0.15) is 5.60 Å². The Bertz CT molecular complexity index is 332. The van der Waals surface area contributed by atoms with Crippen LogP contribution < -0.4 is 5.32 Å². The normalized spacial score (nSPS) is 11.4. The highest BCUT2D eigenvalue weighted by atomic mass is 16.5. The van der Waals surface area contributed by atoms with Crippen molar-refractivity contribution in [2.24, 2.45) is 0 Å². The molecule has 14 heavy (non-hydrogen) atoms. The number of amides is 1. The second-order valence-electron chi connectivity index (χ2n) is 3.32. The predicted octanol–water partition coefficient (Wildman–Crippen LogP) is 0.742. The molecular weight excluding hydrogens is 186 g/mol. The van der Waals surface area contributed by atoms with Crippen molar-refractivity contribution in [1.82, 2.24) is 10.1 Å². The average Bonchev–Trinajstić information content (AvgIpc) is 2.51. The predicted molar refractivity (Wildman–Crippen MR) is 48.8 cm³/mol. The van der Waals surface area contributed by atoms with Gasteiger partial charge in [-0.2, -0.15) is 4.98 Å². The summed E-state index contributed by atoms with van der Waals surface area (Å²) < 4.78 is 9.70. The quantitative estimate of drug-likeness (QED) is 0.776. The van der Waals surface area contributed by atoms with E-state index in [1.54, 1.807) is 20.8 Å². The molecule has 0 aliphatic rings. The zero-order chi connectivity index (χ0) is 10.8. The molecule has 0 unspecified atom stereocenters. The van der Waals surface area contributed by atoms with E-state index in [2.05, 4.69) is 15.5 Å². The van der Waals surface area contributed by atoms with Crippen molar-refractivity contribution in [3.63, 3.8) is 0 Å². The first-order valence-corrected chi connectivity index (χ1v) is 4.12. The van der Waals surface area contributed by atoms with Crippen LogP contribution in [-0.2, 0) is 9.53 Å². The first-order valence-electron chi connectivity index (χ1n) is 4.12. The number of anilines is 1.